The number of para-hydroxylation sites is 2. The lowest BCUT2D eigenvalue weighted by molar-refractivity contribution is 0.630. The predicted octanol–water partition coefficient (Wildman–Crippen LogP) is 12.4. The van der Waals surface area contributed by atoms with Gasteiger partial charge >= 0.3 is 0 Å². The van der Waals surface area contributed by atoms with E-state index in [1.165, 1.54) is 11.1 Å². The molecule has 0 fully saturated rings. The van der Waals surface area contributed by atoms with E-state index in [9.17, 15) is 0 Å². The van der Waals surface area contributed by atoms with Gasteiger partial charge in [-0.05, 0) is 64.6 Å². The third kappa shape index (κ3) is 4.45. The zero-order valence-corrected chi connectivity index (χ0v) is 26.6. The van der Waals surface area contributed by atoms with Gasteiger partial charge in [-0.2, -0.15) is 0 Å². The van der Waals surface area contributed by atoms with Gasteiger partial charge in [0.25, 0.3) is 0 Å². The van der Waals surface area contributed by atoms with Crippen molar-refractivity contribution in [2.24, 2.45) is 0 Å². The summed E-state index contributed by atoms with van der Waals surface area (Å²) < 4.78 is 13.0. The molecule has 1 aliphatic rings. The summed E-state index contributed by atoms with van der Waals surface area (Å²) in [5, 5.41) is 9.14. The highest BCUT2D eigenvalue weighted by Crippen LogP contribution is 2.46. The van der Waals surface area contributed by atoms with Crippen LogP contribution in [0.5, 0.6) is 0 Å². The van der Waals surface area contributed by atoms with E-state index in [0.717, 1.165) is 83.3 Å². The first kappa shape index (κ1) is 27.6. The molecule has 232 valence electrons. The van der Waals surface area contributed by atoms with Gasteiger partial charge in [0.05, 0.1) is 11.3 Å². The molecule has 49 heavy (non-hydrogen) atoms. The number of hydrogen-bond acceptors (Lipinski definition) is 4. The van der Waals surface area contributed by atoms with Crippen molar-refractivity contribution < 1.29 is 8.83 Å². The lowest BCUT2D eigenvalue weighted by Gasteiger charge is -2.30. The number of benzene rings is 7. The molecule has 10 rings (SSSR count). The van der Waals surface area contributed by atoms with E-state index in [1.54, 1.807) is 0 Å². The van der Waals surface area contributed by atoms with Crippen LogP contribution in [-0.4, -0.2) is 6.54 Å². The van der Waals surface area contributed by atoms with Crippen molar-refractivity contribution in [3.05, 3.63) is 169 Å². The van der Waals surface area contributed by atoms with E-state index in [-0.39, 0.29) is 0 Å². The van der Waals surface area contributed by atoms with Crippen LogP contribution in [0.15, 0.2) is 173 Å². The van der Waals surface area contributed by atoms with Crippen LogP contribution in [0.2, 0.25) is 0 Å². The summed E-state index contributed by atoms with van der Waals surface area (Å²) in [7, 11) is 0. The number of nitrogens with one attached hydrogen (secondary N) is 1. The van der Waals surface area contributed by atoms with E-state index in [0.29, 0.717) is 6.54 Å². The van der Waals surface area contributed by atoms with Gasteiger partial charge in [0.15, 0.2) is 0 Å². The maximum atomic E-state index is 6.59. The van der Waals surface area contributed by atoms with Gasteiger partial charge in [0, 0.05) is 45.0 Å². The van der Waals surface area contributed by atoms with Gasteiger partial charge in [-0.15, -0.1) is 0 Å². The second kappa shape index (κ2) is 11.0. The molecule has 0 aliphatic carbocycles. The molecule has 2 aromatic heterocycles. The minimum atomic E-state index is 0.658. The van der Waals surface area contributed by atoms with Crippen molar-refractivity contribution in [1.82, 2.24) is 0 Å². The minimum absolute atomic E-state index is 0.658. The molecule has 1 N–H and O–H groups in total. The van der Waals surface area contributed by atoms with E-state index in [1.807, 2.05) is 12.1 Å². The Morgan fingerprint density at radius 1 is 0.469 bits per heavy atom. The Hall–Kier alpha value is -6.52. The molecule has 0 saturated heterocycles. The number of nitrogens with zero attached hydrogens (tertiary/aromatic N) is 1. The lowest BCUT2D eigenvalue weighted by atomic mass is 9.99. The average Bonchev–Trinajstić information content (AvgIpc) is 3.75. The van der Waals surface area contributed by atoms with Crippen LogP contribution in [0.4, 0.5) is 17.3 Å². The second-order valence-electron chi connectivity index (χ2n) is 12.5. The zero-order chi connectivity index (χ0) is 32.3. The number of furan rings is 2. The smallest absolute Gasteiger partial charge is 0.203 e. The quantitative estimate of drug-likeness (QED) is 0.205. The fourth-order valence-corrected chi connectivity index (χ4v) is 7.37. The van der Waals surface area contributed by atoms with Gasteiger partial charge in [-0.3, -0.25) is 0 Å². The highest BCUT2D eigenvalue weighted by atomic mass is 16.4. The van der Waals surface area contributed by atoms with Gasteiger partial charge in [0.1, 0.15) is 16.7 Å². The Kier molecular flexibility index (Phi) is 6.21. The summed E-state index contributed by atoms with van der Waals surface area (Å²) in [6.45, 7) is 0.658. The Balaban J connectivity index is 1.12. The van der Waals surface area contributed by atoms with Crippen LogP contribution < -0.4 is 10.2 Å². The highest BCUT2D eigenvalue weighted by Gasteiger charge is 2.27. The maximum Gasteiger partial charge on any atom is 0.203 e. The molecule has 0 radical (unpaired) electrons. The summed E-state index contributed by atoms with van der Waals surface area (Å²) >= 11 is 0. The van der Waals surface area contributed by atoms with Crippen LogP contribution in [0, 0.1) is 0 Å². The number of anilines is 3. The van der Waals surface area contributed by atoms with Crippen molar-refractivity contribution in [1.29, 1.82) is 0 Å². The Labute approximate surface area is 283 Å². The van der Waals surface area contributed by atoms with Crippen molar-refractivity contribution in [2.45, 2.75) is 0 Å². The second-order valence-corrected chi connectivity index (χ2v) is 12.5. The first-order chi connectivity index (χ1) is 24.3. The normalized spacial score (nSPS) is 12.7. The topological polar surface area (TPSA) is 41.6 Å². The molecule has 4 heteroatoms. The molecule has 1 aliphatic heterocycles. The molecule has 0 unspecified atom stereocenters. The van der Waals surface area contributed by atoms with Gasteiger partial charge < -0.3 is 19.1 Å². The maximum absolute atomic E-state index is 6.59. The van der Waals surface area contributed by atoms with Crippen LogP contribution in [-0.2, 0) is 0 Å². The summed E-state index contributed by atoms with van der Waals surface area (Å²) in [5.41, 5.74) is 11.5. The van der Waals surface area contributed by atoms with E-state index in [4.69, 9.17) is 8.83 Å². The SMILES string of the molecule is C1=C(N(c2ccc(-c3ccccc3)cc2)c2ccc(-c3cccc4c3oc3ccccc34)cc2)c2c(oc3c2ccc2ccccc23)NC1. The predicted molar refractivity (Wildman–Crippen MR) is 203 cm³/mol. The fourth-order valence-electron chi connectivity index (χ4n) is 7.37. The van der Waals surface area contributed by atoms with Crippen molar-refractivity contribution in [3.63, 3.8) is 0 Å². The number of fused-ring (bicyclic) bond motifs is 8. The largest absolute Gasteiger partial charge is 0.455 e. The van der Waals surface area contributed by atoms with Crippen LogP contribution in [0.3, 0.4) is 0 Å². The first-order valence-corrected chi connectivity index (χ1v) is 16.7. The molecule has 9 aromatic rings. The molecule has 0 bridgehead atoms. The lowest BCUT2D eigenvalue weighted by Crippen LogP contribution is -2.20. The summed E-state index contributed by atoms with van der Waals surface area (Å²) in [4.78, 5) is 2.35. The van der Waals surface area contributed by atoms with Crippen molar-refractivity contribution in [2.75, 3.05) is 16.8 Å². The standard InChI is InChI=1S/C45H30N2O2/c1-2-9-29(10-3-1)30-17-22-33(23-18-30)47(40-27-28-46-45-42(40)39-26-21-31-11-4-5-12-35(31)44(39)49-45)34-24-19-32(20-25-34)36-14-8-15-38-37-13-6-7-16-41(37)48-43(36)38/h1-27,46H,28H2. The third-order valence-corrected chi connectivity index (χ3v) is 9.71. The van der Waals surface area contributed by atoms with Gasteiger partial charge in [-0.25, -0.2) is 0 Å². The van der Waals surface area contributed by atoms with E-state index >= 15 is 0 Å². The molecular weight excluding hydrogens is 601 g/mol. The Morgan fingerprint density at radius 2 is 1.14 bits per heavy atom. The average molecular weight is 631 g/mol. The summed E-state index contributed by atoms with van der Waals surface area (Å²) in [6, 6.07) is 55.6. The van der Waals surface area contributed by atoms with Crippen molar-refractivity contribution in [3.8, 4) is 22.3 Å². The first-order valence-electron chi connectivity index (χ1n) is 16.7. The number of rotatable bonds is 5. The minimum Gasteiger partial charge on any atom is -0.455 e. The fraction of sp³-hybridized carbons (Fsp3) is 0.0222. The monoisotopic (exact) mass is 630 g/mol. The summed E-state index contributed by atoms with van der Waals surface area (Å²) in [6.07, 6.45) is 2.26. The Morgan fingerprint density at radius 3 is 1.96 bits per heavy atom. The molecule has 4 nitrogen and oxygen atoms in total. The molecule has 7 aromatic carbocycles. The molecule has 0 spiro atoms. The van der Waals surface area contributed by atoms with Crippen LogP contribution in [0.25, 0.3) is 71.6 Å². The van der Waals surface area contributed by atoms with Gasteiger partial charge in [0.2, 0.25) is 5.88 Å². The summed E-state index contributed by atoms with van der Waals surface area (Å²) in [5.74, 6) is 0.794. The highest BCUT2D eigenvalue weighted by molar-refractivity contribution is 6.13. The van der Waals surface area contributed by atoms with Crippen LogP contribution in [0.1, 0.15) is 5.56 Å². The van der Waals surface area contributed by atoms with Crippen LogP contribution >= 0.6 is 0 Å². The molecule has 0 atom stereocenters. The zero-order valence-electron chi connectivity index (χ0n) is 26.6. The van der Waals surface area contributed by atoms with Crippen molar-refractivity contribution >= 4 is 66.6 Å². The third-order valence-electron chi connectivity index (χ3n) is 9.71. The molecule has 0 amide bonds. The number of hydrogen-bond donors (Lipinski definition) is 1. The molecule has 0 saturated carbocycles. The van der Waals surface area contributed by atoms with Gasteiger partial charge in [-0.1, -0.05) is 121 Å². The Bertz CT molecular complexity index is 2700. The molecule has 3 heterocycles. The van der Waals surface area contributed by atoms with E-state index < -0.39 is 0 Å². The van der Waals surface area contributed by atoms with E-state index in [2.05, 4.69) is 162 Å². The molecular formula is C45H30N2O2.